The summed E-state index contributed by atoms with van der Waals surface area (Å²) in [5, 5.41) is 11.7. The highest BCUT2D eigenvalue weighted by atomic mass is 16.2. The fraction of sp³-hybridized carbons (Fsp3) is 0.438. The zero-order valence-corrected chi connectivity index (χ0v) is 25.1. The van der Waals surface area contributed by atoms with Crippen LogP contribution in [0, 0.1) is 12.8 Å². The molecule has 0 aliphatic carbocycles. The van der Waals surface area contributed by atoms with Crippen LogP contribution in [0.5, 0.6) is 0 Å². The molecule has 0 spiro atoms. The van der Waals surface area contributed by atoms with Gasteiger partial charge in [-0.25, -0.2) is 0 Å². The van der Waals surface area contributed by atoms with Gasteiger partial charge in [-0.15, -0.1) is 10.2 Å². The molecular formula is C32H46N6O. The third-order valence-corrected chi connectivity index (χ3v) is 6.80. The Labute approximate surface area is 235 Å². The number of allylic oxidation sites excluding steroid dienone is 3. The Hall–Kier alpha value is -3.58. The van der Waals surface area contributed by atoms with E-state index in [1.54, 1.807) is 19.0 Å². The second kappa shape index (κ2) is 15.7. The summed E-state index contributed by atoms with van der Waals surface area (Å²) in [6.45, 7) is 17.4. The molecule has 7 heteroatoms. The van der Waals surface area contributed by atoms with Crippen molar-refractivity contribution in [2.45, 2.75) is 47.5 Å². The van der Waals surface area contributed by atoms with Gasteiger partial charge in [0.2, 0.25) is 0 Å². The van der Waals surface area contributed by atoms with E-state index in [9.17, 15) is 4.79 Å². The standard InChI is InChI=1S/C30H40N6O.C2H6/c1-8-24(30(37)35(6)7)10-9-22(3)25-14-17-36(18-15-25)20-21(2)19-27-23(4)32-16-13-26(27)28-11-12-29(31-5)34-33-28;1-2/h8-13,16,19,25H,3,14-15,17-18,20H2,1-2,4-7H3,(H,31,34);1-2H3/b10-9-,21-19+,24-8+;. The lowest BCUT2D eigenvalue weighted by Gasteiger charge is -2.32. The van der Waals surface area contributed by atoms with Gasteiger partial charge in [0, 0.05) is 56.3 Å². The zero-order chi connectivity index (χ0) is 28.9. The SMILES string of the molecule is C=C(/C=C\C(=C/C)C(=O)N(C)C)C1CCN(C/C(C)=C/c2c(-c3ccc(NC)nn3)ccnc2C)CC1.CC. The van der Waals surface area contributed by atoms with Crippen molar-refractivity contribution in [1.82, 2.24) is 25.0 Å². The number of likely N-dealkylation sites (N-methyl/N-ethyl adjacent to an activating group) is 1. The van der Waals surface area contributed by atoms with E-state index in [1.165, 1.54) is 5.57 Å². The van der Waals surface area contributed by atoms with E-state index < -0.39 is 0 Å². The van der Waals surface area contributed by atoms with E-state index in [0.717, 1.165) is 66.4 Å². The number of rotatable bonds is 9. The molecule has 0 saturated carbocycles. The molecular weight excluding hydrogens is 484 g/mol. The predicted octanol–water partition coefficient (Wildman–Crippen LogP) is 6.18. The second-order valence-corrected chi connectivity index (χ2v) is 9.80. The van der Waals surface area contributed by atoms with Gasteiger partial charge in [-0.2, -0.15) is 0 Å². The highest BCUT2D eigenvalue weighted by molar-refractivity contribution is 5.95. The lowest BCUT2D eigenvalue weighted by molar-refractivity contribution is -0.124. The number of hydrogen-bond donors (Lipinski definition) is 1. The lowest BCUT2D eigenvalue weighted by Crippen LogP contribution is -2.35. The molecule has 2 aromatic rings. The van der Waals surface area contributed by atoms with Gasteiger partial charge in [-0.3, -0.25) is 14.7 Å². The molecule has 0 bridgehead atoms. The van der Waals surface area contributed by atoms with Crippen LogP contribution in [0.1, 0.15) is 51.8 Å². The van der Waals surface area contributed by atoms with Gasteiger partial charge in [0.05, 0.1) is 5.69 Å². The summed E-state index contributed by atoms with van der Waals surface area (Å²) < 4.78 is 0. The molecule has 0 aromatic carbocycles. The normalized spacial score (nSPS) is 15.1. The fourth-order valence-corrected chi connectivity index (χ4v) is 4.58. The van der Waals surface area contributed by atoms with Gasteiger partial charge in [0.15, 0.2) is 0 Å². The van der Waals surface area contributed by atoms with Crippen molar-refractivity contribution in [2.75, 3.05) is 46.1 Å². The van der Waals surface area contributed by atoms with Crippen LogP contribution < -0.4 is 5.32 Å². The summed E-state index contributed by atoms with van der Waals surface area (Å²) >= 11 is 0. The van der Waals surface area contributed by atoms with Crippen LogP contribution >= 0.6 is 0 Å². The third kappa shape index (κ3) is 8.99. The molecule has 1 saturated heterocycles. The van der Waals surface area contributed by atoms with Gasteiger partial charge < -0.3 is 10.2 Å². The van der Waals surface area contributed by atoms with E-state index in [2.05, 4.69) is 45.0 Å². The quantitative estimate of drug-likeness (QED) is 0.308. The number of pyridine rings is 1. The van der Waals surface area contributed by atoms with E-state index in [4.69, 9.17) is 0 Å². The van der Waals surface area contributed by atoms with Crippen molar-refractivity contribution in [3.63, 3.8) is 0 Å². The number of nitrogens with one attached hydrogen (secondary N) is 1. The Kier molecular flexibility index (Phi) is 12.8. The number of carbonyl (C=O) groups excluding carboxylic acids is 1. The minimum absolute atomic E-state index is 0.0117. The summed E-state index contributed by atoms with van der Waals surface area (Å²) in [7, 11) is 5.38. The smallest absolute Gasteiger partial charge is 0.252 e. The first-order valence-electron chi connectivity index (χ1n) is 13.8. The van der Waals surface area contributed by atoms with Gasteiger partial charge in [-0.05, 0) is 76.9 Å². The van der Waals surface area contributed by atoms with Gasteiger partial charge in [0.1, 0.15) is 5.82 Å². The zero-order valence-electron chi connectivity index (χ0n) is 25.1. The number of likely N-dealkylation sites (tertiary alicyclic amines) is 1. The third-order valence-electron chi connectivity index (χ3n) is 6.80. The first kappa shape index (κ1) is 31.6. The van der Waals surface area contributed by atoms with Crippen LogP contribution in [0.3, 0.4) is 0 Å². The Balaban J connectivity index is 0.00000260. The molecule has 3 heterocycles. The maximum absolute atomic E-state index is 12.2. The van der Waals surface area contributed by atoms with Gasteiger partial charge in [-0.1, -0.05) is 49.8 Å². The number of hydrogen-bond acceptors (Lipinski definition) is 6. The lowest BCUT2D eigenvalue weighted by atomic mass is 9.89. The number of aryl methyl sites for hydroxylation is 1. The molecule has 1 amide bonds. The van der Waals surface area contributed by atoms with E-state index in [-0.39, 0.29) is 5.91 Å². The van der Waals surface area contributed by atoms with Crippen molar-refractivity contribution >= 4 is 17.8 Å². The maximum Gasteiger partial charge on any atom is 0.252 e. The Morgan fingerprint density at radius 3 is 2.41 bits per heavy atom. The van der Waals surface area contributed by atoms with Crippen molar-refractivity contribution in [3.8, 4) is 11.3 Å². The highest BCUT2D eigenvalue weighted by Crippen LogP contribution is 2.28. The predicted molar refractivity (Wildman–Crippen MR) is 164 cm³/mol. The first-order valence-corrected chi connectivity index (χ1v) is 13.8. The molecule has 1 N–H and O–H groups in total. The summed E-state index contributed by atoms with van der Waals surface area (Å²) in [6.07, 6.45) is 12.0. The van der Waals surface area contributed by atoms with E-state index in [1.807, 2.05) is 77.4 Å². The molecule has 2 aromatic heterocycles. The largest absolute Gasteiger partial charge is 0.372 e. The number of nitrogens with zero attached hydrogens (tertiary/aromatic N) is 5. The van der Waals surface area contributed by atoms with Crippen LogP contribution in [-0.2, 0) is 4.79 Å². The summed E-state index contributed by atoms with van der Waals surface area (Å²) in [5.41, 5.74) is 7.02. The summed E-state index contributed by atoms with van der Waals surface area (Å²) in [5.74, 6) is 1.20. The average molecular weight is 531 g/mol. The maximum atomic E-state index is 12.2. The van der Waals surface area contributed by atoms with Crippen molar-refractivity contribution in [2.24, 2.45) is 5.92 Å². The molecule has 1 aliphatic rings. The van der Waals surface area contributed by atoms with E-state index in [0.29, 0.717) is 11.5 Å². The number of piperidine rings is 1. The molecule has 7 nitrogen and oxygen atoms in total. The fourth-order valence-electron chi connectivity index (χ4n) is 4.58. The van der Waals surface area contributed by atoms with Gasteiger partial charge in [0.25, 0.3) is 5.91 Å². The van der Waals surface area contributed by atoms with Gasteiger partial charge >= 0.3 is 0 Å². The van der Waals surface area contributed by atoms with Crippen LogP contribution in [0.2, 0.25) is 0 Å². The highest BCUT2D eigenvalue weighted by Gasteiger charge is 2.21. The van der Waals surface area contributed by atoms with Crippen molar-refractivity contribution in [3.05, 3.63) is 77.2 Å². The molecule has 0 atom stereocenters. The Bertz CT molecular complexity index is 1190. The first-order chi connectivity index (χ1) is 18.7. The van der Waals surface area contributed by atoms with Crippen molar-refractivity contribution in [1.29, 1.82) is 0 Å². The summed E-state index contributed by atoms with van der Waals surface area (Å²) in [4.78, 5) is 20.9. The molecule has 0 radical (unpaired) electrons. The van der Waals surface area contributed by atoms with E-state index >= 15 is 0 Å². The molecule has 1 aliphatic heterocycles. The Morgan fingerprint density at radius 2 is 1.85 bits per heavy atom. The molecule has 3 rings (SSSR count). The number of aromatic nitrogens is 3. The van der Waals surface area contributed by atoms with Crippen LogP contribution in [-0.4, -0.2) is 71.7 Å². The monoisotopic (exact) mass is 530 g/mol. The molecule has 0 unspecified atom stereocenters. The molecule has 39 heavy (non-hydrogen) atoms. The van der Waals surface area contributed by atoms with Crippen LogP contribution in [0.15, 0.2) is 65.9 Å². The average Bonchev–Trinajstić information content (AvgIpc) is 2.95. The minimum Gasteiger partial charge on any atom is -0.372 e. The number of amides is 1. The topological polar surface area (TPSA) is 74.2 Å². The summed E-state index contributed by atoms with van der Waals surface area (Å²) in [6, 6.07) is 5.93. The Morgan fingerprint density at radius 1 is 1.15 bits per heavy atom. The number of carbonyl (C=O) groups is 1. The minimum atomic E-state index is 0.0117. The number of anilines is 1. The van der Waals surface area contributed by atoms with Crippen LogP contribution in [0.25, 0.3) is 17.3 Å². The molecule has 210 valence electrons. The second-order valence-electron chi connectivity index (χ2n) is 9.80. The van der Waals surface area contributed by atoms with Crippen molar-refractivity contribution < 1.29 is 4.79 Å². The molecule has 1 fully saturated rings. The van der Waals surface area contributed by atoms with Crippen LogP contribution in [0.4, 0.5) is 5.82 Å².